The molecule has 0 atom stereocenters. The van der Waals surface area contributed by atoms with Gasteiger partial charge in [-0.2, -0.15) is 0 Å². The first kappa shape index (κ1) is 22.3. The number of carbonyl (C=O) groups excluding carboxylic acids is 2. The second-order valence-electron chi connectivity index (χ2n) is 7.85. The summed E-state index contributed by atoms with van der Waals surface area (Å²) in [7, 11) is 1.28. The number of amides is 1. The first-order chi connectivity index (χ1) is 14.4. The topological polar surface area (TPSA) is 81.5 Å². The van der Waals surface area contributed by atoms with Gasteiger partial charge in [-0.1, -0.05) is 43.2 Å². The van der Waals surface area contributed by atoms with E-state index in [4.69, 9.17) is 4.74 Å². The summed E-state index contributed by atoms with van der Waals surface area (Å²) in [4.78, 5) is 44.4. The Balaban J connectivity index is 1.86. The Hall–Kier alpha value is -2.35. The molecular formula is C22H29N3O4S. The first-order valence-corrected chi connectivity index (χ1v) is 11.4. The maximum Gasteiger partial charge on any atom is 0.325 e. The fourth-order valence-corrected chi connectivity index (χ4v) is 4.93. The van der Waals surface area contributed by atoms with Crippen molar-refractivity contribution < 1.29 is 14.3 Å². The van der Waals surface area contributed by atoms with Gasteiger partial charge in [0.25, 0.3) is 5.56 Å². The van der Waals surface area contributed by atoms with Crippen molar-refractivity contribution in [3.8, 4) is 0 Å². The minimum Gasteiger partial charge on any atom is -0.468 e. The van der Waals surface area contributed by atoms with Gasteiger partial charge in [0, 0.05) is 12.1 Å². The van der Waals surface area contributed by atoms with Gasteiger partial charge in [0.05, 0.1) is 23.8 Å². The molecule has 0 N–H and O–H groups in total. The standard InChI is InChI=1S/C22H29N3O4S/c1-15(2)25(16-9-5-4-6-10-16)19(26)14-30-22-23-18-12-8-7-11-17(18)21(28)24(22)13-20(27)29-3/h7-8,11-12,15-16H,4-6,9-10,13-14H2,1-3H3. The van der Waals surface area contributed by atoms with Crippen LogP contribution in [-0.4, -0.2) is 51.3 Å². The van der Waals surface area contributed by atoms with Crippen LogP contribution in [0.3, 0.4) is 0 Å². The lowest BCUT2D eigenvalue weighted by atomic mass is 9.93. The van der Waals surface area contributed by atoms with Gasteiger partial charge in [0.15, 0.2) is 5.16 Å². The number of ether oxygens (including phenoxy) is 1. The van der Waals surface area contributed by atoms with E-state index in [9.17, 15) is 14.4 Å². The molecule has 2 aromatic rings. The van der Waals surface area contributed by atoms with E-state index in [2.05, 4.69) is 4.98 Å². The van der Waals surface area contributed by atoms with Gasteiger partial charge in [-0.05, 0) is 38.8 Å². The van der Waals surface area contributed by atoms with Crippen molar-refractivity contribution >= 4 is 34.5 Å². The molecule has 0 unspecified atom stereocenters. The molecule has 0 saturated heterocycles. The number of carbonyl (C=O) groups is 2. The monoisotopic (exact) mass is 431 g/mol. The van der Waals surface area contributed by atoms with Crippen LogP contribution in [0, 0.1) is 0 Å². The van der Waals surface area contributed by atoms with Crippen LogP contribution < -0.4 is 5.56 Å². The van der Waals surface area contributed by atoms with Gasteiger partial charge in [-0.25, -0.2) is 4.98 Å². The number of esters is 1. The van der Waals surface area contributed by atoms with Gasteiger partial charge in [0.1, 0.15) is 6.54 Å². The van der Waals surface area contributed by atoms with E-state index in [1.54, 1.807) is 18.2 Å². The molecule has 0 spiro atoms. The molecule has 0 radical (unpaired) electrons. The highest BCUT2D eigenvalue weighted by Gasteiger charge is 2.28. The minimum absolute atomic E-state index is 0.0360. The lowest BCUT2D eigenvalue weighted by Crippen LogP contribution is -2.46. The van der Waals surface area contributed by atoms with Crippen molar-refractivity contribution in [2.75, 3.05) is 12.9 Å². The van der Waals surface area contributed by atoms with Crippen molar-refractivity contribution in [2.45, 2.75) is 69.7 Å². The number of nitrogens with zero attached hydrogens (tertiary/aromatic N) is 3. The van der Waals surface area contributed by atoms with Crippen LogP contribution in [0.1, 0.15) is 46.0 Å². The molecule has 3 rings (SSSR count). The van der Waals surface area contributed by atoms with Crippen LogP contribution in [0.5, 0.6) is 0 Å². The number of methoxy groups -OCH3 is 1. The molecule has 0 bridgehead atoms. The molecule has 1 fully saturated rings. The molecule has 1 aliphatic carbocycles. The molecule has 162 valence electrons. The summed E-state index contributed by atoms with van der Waals surface area (Å²) in [6, 6.07) is 7.39. The van der Waals surface area contributed by atoms with Crippen molar-refractivity contribution in [3.05, 3.63) is 34.6 Å². The normalized spacial score (nSPS) is 14.8. The number of hydrogen-bond acceptors (Lipinski definition) is 6. The quantitative estimate of drug-likeness (QED) is 0.380. The molecular weight excluding hydrogens is 402 g/mol. The minimum atomic E-state index is -0.534. The number of benzene rings is 1. The molecule has 1 saturated carbocycles. The molecule has 30 heavy (non-hydrogen) atoms. The molecule has 8 heteroatoms. The van der Waals surface area contributed by atoms with Crippen molar-refractivity contribution in [3.63, 3.8) is 0 Å². The van der Waals surface area contributed by atoms with Gasteiger partial charge in [0.2, 0.25) is 5.91 Å². The maximum atomic E-state index is 13.1. The van der Waals surface area contributed by atoms with Crippen LogP contribution in [0.4, 0.5) is 0 Å². The van der Waals surface area contributed by atoms with Crippen molar-refractivity contribution in [1.82, 2.24) is 14.5 Å². The third-order valence-corrected chi connectivity index (χ3v) is 6.44. The van der Waals surface area contributed by atoms with Crippen LogP contribution in [0.25, 0.3) is 10.9 Å². The summed E-state index contributed by atoms with van der Waals surface area (Å²) in [5.41, 5.74) is 0.237. The largest absolute Gasteiger partial charge is 0.468 e. The highest BCUT2D eigenvalue weighted by Crippen LogP contribution is 2.26. The summed E-state index contributed by atoms with van der Waals surface area (Å²) in [6.45, 7) is 3.84. The van der Waals surface area contributed by atoms with Gasteiger partial charge >= 0.3 is 5.97 Å². The number of para-hydroxylation sites is 1. The highest BCUT2D eigenvalue weighted by molar-refractivity contribution is 7.99. The number of hydrogen-bond donors (Lipinski definition) is 0. The summed E-state index contributed by atoms with van der Waals surface area (Å²) in [6.07, 6.45) is 5.61. The number of fused-ring (bicyclic) bond motifs is 1. The SMILES string of the molecule is COC(=O)Cn1c(SCC(=O)N(C(C)C)C2CCCCC2)nc2ccccc2c1=O. The number of aromatic nitrogens is 2. The van der Waals surface area contributed by atoms with Crippen LogP contribution in [0.2, 0.25) is 0 Å². The first-order valence-electron chi connectivity index (χ1n) is 10.4. The second-order valence-corrected chi connectivity index (χ2v) is 8.80. The molecule has 1 aliphatic rings. The molecule has 7 nitrogen and oxygen atoms in total. The molecule has 1 aromatic carbocycles. The average Bonchev–Trinajstić information content (AvgIpc) is 2.75. The van der Waals surface area contributed by atoms with E-state index in [-0.39, 0.29) is 35.8 Å². The zero-order chi connectivity index (χ0) is 21.7. The lowest BCUT2D eigenvalue weighted by Gasteiger charge is -2.37. The van der Waals surface area contributed by atoms with E-state index in [0.29, 0.717) is 16.1 Å². The average molecular weight is 432 g/mol. The molecule has 1 heterocycles. The van der Waals surface area contributed by atoms with Gasteiger partial charge in [-0.15, -0.1) is 0 Å². The number of rotatable bonds is 7. The van der Waals surface area contributed by atoms with Gasteiger partial charge in [-0.3, -0.25) is 19.0 Å². The summed E-state index contributed by atoms with van der Waals surface area (Å²) < 4.78 is 6.04. The fourth-order valence-electron chi connectivity index (χ4n) is 4.06. The van der Waals surface area contributed by atoms with Crippen LogP contribution in [0.15, 0.2) is 34.2 Å². The molecule has 1 aromatic heterocycles. The summed E-state index contributed by atoms with van der Waals surface area (Å²) >= 11 is 1.20. The Morgan fingerprint density at radius 3 is 2.60 bits per heavy atom. The highest BCUT2D eigenvalue weighted by atomic mass is 32.2. The molecule has 1 amide bonds. The van der Waals surface area contributed by atoms with E-state index in [0.717, 1.165) is 25.7 Å². The maximum absolute atomic E-state index is 13.1. The van der Waals surface area contributed by atoms with Gasteiger partial charge < -0.3 is 9.64 Å². The zero-order valence-corrected chi connectivity index (χ0v) is 18.6. The number of thioether (sulfide) groups is 1. The van der Waals surface area contributed by atoms with Crippen LogP contribution >= 0.6 is 11.8 Å². The van der Waals surface area contributed by atoms with E-state index in [1.807, 2.05) is 24.8 Å². The Morgan fingerprint density at radius 1 is 1.23 bits per heavy atom. The Morgan fingerprint density at radius 2 is 1.93 bits per heavy atom. The third kappa shape index (κ3) is 5.03. The van der Waals surface area contributed by atoms with E-state index in [1.165, 1.54) is 29.9 Å². The summed E-state index contributed by atoms with van der Waals surface area (Å²) in [5.74, 6) is -0.331. The zero-order valence-electron chi connectivity index (χ0n) is 17.8. The lowest BCUT2D eigenvalue weighted by molar-refractivity contribution is -0.141. The fraction of sp³-hybridized carbons (Fsp3) is 0.545. The predicted octanol–water partition coefficient (Wildman–Crippen LogP) is 3.23. The van der Waals surface area contributed by atoms with Crippen molar-refractivity contribution in [2.24, 2.45) is 0 Å². The van der Waals surface area contributed by atoms with E-state index >= 15 is 0 Å². The van der Waals surface area contributed by atoms with Crippen molar-refractivity contribution in [1.29, 1.82) is 0 Å². The second kappa shape index (κ2) is 10.1. The predicted molar refractivity (Wildman–Crippen MR) is 118 cm³/mol. The molecule has 0 aliphatic heterocycles. The smallest absolute Gasteiger partial charge is 0.325 e. The van der Waals surface area contributed by atoms with E-state index < -0.39 is 5.97 Å². The Bertz CT molecular complexity index is 966. The summed E-state index contributed by atoms with van der Waals surface area (Å²) in [5, 5.41) is 0.785. The Kier molecular flexibility index (Phi) is 7.53. The Labute approximate surface area is 180 Å². The third-order valence-electron chi connectivity index (χ3n) is 5.48. The van der Waals surface area contributed by atoms with Crippen LogP contribution in [-0.2, 0) is 20.9 Å².